The number of anilines is 1. The minimum Gasteiger partial charge on any atom is -0.480 e. The Kier molecular flexibility index (Phi) is 4.91. The summed E-state index contributed by atoms with van der Waals surface area (Å²) in [5.74, 6) is -2.23. The number of carboxylic acid groups (broad SMARTS) is 1. The molecule has 0 aromatic heterocycles. The third kappa shape index (κ3) is 3.46. The predicted octanol–water partition coefficient (Wildman–Crippen LogP) is 3.15. The highest BCUT2D eigenvalue weighted by molar-refractivity contribution is 7.92. The van der Waals surface area contributed by atoms with Gasteiger partial charge in [0, 0.05) is 5.02 Å². The summed E-state index contributed by atoms with van der Waals surface area (Å²) in [5.41, 5.74) is -0.336. The van der Waals surface area contributed by atoms with Crippen molar-refractivity contribution in [1.29, 1.82) is 0 Å². The van der Waals surface area contributed by atoms with Crippen LogP contribution in [-0.2, 0) is 14.8 Å². The van der Waals surface area contributed by atoms with E-state index in [2.05, 4.69) is 0 Å². The van der Waals surface area contributed by atoms with Crippen LogP contribution in [-0.4, -0.2) is 25.5 Å². The van der Waals surface area contributed by atoms with Crippen molar-refractivity contribution in [2.75, 3.05) is 4.31 Å². The fourth-order valence-electron chi connectivity index (χ4n) is 2.00. The molecule has 0 fully saturated rings. The van der Waals surface area contributed by atoms with Gasteiger partial charge in [0.25, 0.3) is 10.0 Å². The molecule has 0 radical (unpaired) electrons. The highest BCUT2D eigenvalue weighted by Gasteiger charge is 2.34. The second-order valence-electron chi connectivity index (χ2n) is 4.72. The van der Waals surface area contributed by atoms with Crippen LogP contribution in [0.15, 0.2) is 53.4 Å². The molecular formula is C15H13ClFNO4S. The van der Waals surface area contributed by atoms with Crippen molar-refractivity contribution in [3.8, 4) is 0 Å². The van der Waals surface area contributed by atoms with Gasteiger partial charge in [-0.3, -0.25) is 0 Å². The molecule has 0 aliphatic heterocycles. The van der Waals surface area contributed by atoms with E-state index in [0.717, 1.165) is 6.07 Å². The lowest BCUT2D eigenvalue weighted by Crippen LogP contribution is -2.43. The second kappa shape index (κ2) is 6.55. The Hall–Kier alpha value is -2.12. The van der Waals surface area contributed by atoms with Crippen LogP contribution in [0.3, 0.4) is 0 Å². The second-order valence-corrected chi connectivity index (χ2v) is 6.97. The highest BCUT2D eigenvalue weighted by atomic mass is 35.5. The summed E-state index contributed by atoms with van der Waals surface area (Å²) in [6.45, 7) is 1.17. The number of nitrogens with zero attached hydrogens (tertiary/aromatic N) is 1. The molecule has 23 heavy (non-hydrogen) atoms. The maximum absolute atomic E-state index is 14.1. The van der Waals surface area contributed by atoms with Gasteiger partial charge in [-0.15, -0.1) is 0 Å². The predicted molar refractivity (Wildman–Crippen MR) is 84.6 cm³/mol. The lowest BCUT2D eigenvalue weighted by atomic mass is 10.2. The van der Waals surface area contributed by atoms with E-state index in [0.29, 0.717) is 9.33 Å². The van der Waals surface area contributed by atoms with Gasteiger partial charge in [-0.1, -0.05) is 23.7 Å². The van der Waals surface area contributed by atoms with Gasteiger partial charge in [0.2, 0.25) is 0 Å². The van der Waals surface area contributed by atoms with E-state index in [1.54, 1.807) is 0 Å². The number of benzene rings is 2. The molecule has 122 valence electrons. The maximum atomic E-state index is 14.1. The molecule has 2 aromatic rings. The van der Waals surface area contributed by atoms with Crippen molar-refractivity contribution in [2.24, 2.45) is 0 Å². The SMILES string of the molecule is CC(C(=O)O)N(c1ccccc1F)S(=O)(=O)c1ccc(Cl)cc1. The molecule has 0 bridgehead atoms. The van der Waals surface area contributed by atoms with Crippen LogP contribution >= 0.6 is 11.6 Å². The molecule has 8 heteroatoms. The normalized spacial score (nSPS) is 12.7. The first kappa shape index (κ1) is 17.2. The van der Waals surface area contributed by atoms with Crippen LogP contribution in [0, 0.1) is 5.82 Å². The van der Waals surface area contributed by atoms with Crippen molar-refractivity contribution < 1.29 is 22.7 Å². The highest BCUT2D eigenvalue weighted by Crippen LogP contribution is 2.29. The summed E-state index contributed by atoms with van der Waals surface area (Å²) < 4.78 is 40.2. The lowest BCUT2D eigenvalue weighted by Gasteiger charge is -2.28. The lowest BCUT2D eigenvalue weighted by molar-refractivity contribution is -0.137. The van der Waals surface area contributed by atoms with Gasteiger partial charge in [-0.25, -0.2) is 21.9 Å². The fraction of sp³-hybridized carbons (Fsp3) is 0.133. The quantitative estimate of drug-likeness (QED) is 0.892. The van der Waals surface area contributed by atoms with Crippen LogP contribution in [0.4, 0.5) is 10.1 Å². The summed E-state index contributed by atoms with van der Waals surface area (Å²) in [6.07, 6.45) is 0. The molecule has 0 amide bonds. The first-order valence-corrected chi connectivity index (χ1v) is 8.34. The van der Waals surface area contributed by atoms with Crippen LogP contribution in [0.2, 0.25) is 5.02 Å². The number of sulfonamides is 1. The summed E-state index contributed by atoms with van der Waals surface area (Å²) >= 11 is 5.73. The van der Waals surface area contributed by atoms with Gasteiger partial charge in [0.1, 0.15) is 11.9 Å². The van der Waals surface area contributed by atoms with Crippen molar-refractivity contribution >= 4 is 33.3 Å². The number of halogens is 2. The Morgan fingerprint density at radius 3 is 2.26 bits per heavy atom. The van der Waals surface area contributed by atoms with E-state index in [1.807, 2.05) is 0 Å². The Balaban J connectivity index is 2.64. The van der Waals surface area contributed by atoms with Gasteiger partial charge in [-0.2, -0.15) is 0 Å². The molecule has 1 N–H and O–H groups in total. The van der Waals surface area contributed by atoms with E-state index >= 15 is 0 Å². The number of carbonyl (C=O) groups is 1. The van der Waals surface area contributed by atoms with E-state index in [9.17, 15) is 22.7 Å². The van der Waals surface area contributed by atoms with Crippen molar-refractivity contribution in [3.05, 3.63) is 59.4 Å². The number of hydrogen-bond donors (Lipinski definition) is 1. The van der Waals surface area contributed by atoms with Gasteiger partial charge in [0.05, 0.1) is 10.6 Å². The Labute approximate surface area is 138 Å². The van der Waals surface area contributed by atoms with Gasteiger partial charge in [-0.05, 0) is 43.3 Å². The topological polar surface area (TPSA) is 74.7 Å². The fourth-order valence-corrected chi connectivity index (χ4v) is 3.74. The van der Waals surface area contributed by atoms with Crippen LogP contribution < -0.4 is 4.31 Å². The first-order chi connectivity index (χ1) is 10.7. The Morgan fingerprint density at radius 2 is 1.74 bits per heavy atom. The van der Waals surface area contributed by atoms with Crippen LogP contribution in [0.1, 0.15) is 6.92 Å². The summed E-state index contributed by atoms with van der Waals surface area (Å²) in [4.78, 5) is 11.1. The molecule has 1 unspecified atom stereocenters. The average Bonchev–Trinajstić information content (AvgIpc) is 2.49. The number of rotatable bonds is 5. The van der Waals surface area contributed by atoms with E-state index in [-0.39, 0.29) is 10.6 Å². The molecule has 0 saturated carbocycles. The van der Waals surface area contributed by atoms with Gasteiger partial charge >= 0.3 is 5.97 Å². The number of aliphatic carboxylic acids is 1. The number of para-hydroxylation sites is 1. The molecule has 0 heterocycles. The van der Waals surface area contributed by atoms with Crippen molar-refractivity contribution in [1.82, 2.24) is 0 Å². The zero-order chi connectivity index (χ0) is 17.2. The van der Waals surface area contributed by atoms with Gasteiger partial charge < -0.3 is 5.11 Å². The van der Waals surface area contributed by atoms with E-state index < -0.39 is 27.9 Å². The minimum absolute atomic E-state index is 0.182. The number of carboxylic acids is 1. The van der Waals surface area contributed by atoms with Crippen LogP contribution in [0.5, 0.6) is 0 Å². The smallest absolute Gasteiger partial charge is 0.327 e. The Bertz CT molecular complexity index is 824. The molecule has 0 saturated heterocycles. The van der Waals surface area contributed by atoms with Crippen molar-refractivity contribution in [2.45, 2.75) is 17.9 Å². The number of hydrogen-bond acceptors (Lipinski definition) is 3. The molecule has 2 aromatic carbocycles. The van der Waals surface area contributed by atoms with E-state index in [4.69, 9.17) is 11.6 Å². The molecular weight excluding hydrogens is 345 g/mol. The zero-order valence-corrected chi connectivity index (χ0v) is 13.6. The summed E-state index contributed by atoms with van der Waals surface area (Å²) in [5, 5.41) is 9.54. The molecule has 5 nitrogen and oxygen atoms in total. The summed E-state index contributed by atoms with van der Waals surface area (Å²) in [6, 6.07) is 8.79. The Morgan fingerprint density at radius 1 is 1.17 bits per heavy atom. The third-order valence-electron chi connectivity index (χ3n) is 3.17. The molecule has 0 spiro atoms. The largest absolute Gasteiger partial charge is 0.480 e. The molecule has 0 aliphatic carbocycles. The first-order valence-electron chi connectivity index (χ1n) is 6.52. The summed E-state index contributed by atoms with van der Waals surface area (Å²) in [7, 11) is -4.28. The van der Waals surface area contributed by atoms with Crippen LogP contribution in [0.25, 0.3) is 0 Å². The molecule has 2 rings (SSSR count). The maximum Gasteiger partial charge on any atom is 0.327 e. The van der Waals surface area contributed by atoms with Crippen molar-refractivity contribution in [3.63, 3.8) is 0 Å². The third-order valence-corrected chi connectivity index (χ3v) is 5.32. The molecule has 1 atom stereocenters. The monoisotopic (exact) mass is 357 g/mol. The standard InChI is InChI=1S/C15H13ClFNO4S/c1-10(15(19)20)18(14-5-3-2-4-13(14)17)23(21,22)12-8-6-11(16)7-9-12/h2-10H,1H3,(H,19,20). The zero-order valence-electron chi connectivity index (χ0n) is 12.0. The average molecular weight is 358 g/mol. The minimum atomic E-state index is -4.28. The van der Waals surface area contributed by atoms with E-state index in [1.165, 1.54) is 49.4 Å². The van der Waals surface area contributed by atoms with Gasteiger partial charge in [0.15, 0.2) is 0 Å². The molecule has 0 aliphatic rings.